The third-order valence-electron chi connectivity index (χ3n) is 4.24. The Hall–Kier alpha value is -2.35. The number of amides is 1. The quantitative estimate of drug-likeness (QED) is 0.878. The van der Waals surface area contributed by atoms with Gasteiger partial charge in [0.05, 0.1) is 22.9 Å². The maximum Gasteiger partial charge on any atom is 0.394 e. The van der Waals surface area contributed by atoms with Gasteiger partial charge in [0.2, 0.25) is 0 Å². The lowest BCUT2D eigenvalue weighted by Gasteiger charge is -2.19. The highest BCUT2D eigenvalue weighted by Gasteiger charge is 2.53. The lowest BCUT2D eigenvalue weighted by molar-refractivity contribution is -0.187. The molecular formula is C16H12ClF3N2O3. The van der Waals surface area contributed by atoms with Crippen LogP contribution in [0.2, 0.25) is 5.02 Å². The summed E-state index contributed by atoms with van der Waals surface area (Å²) in [5.41, 5.74) is 0.356. The molecular weight excluding hydrogens is 361 g/mol. The number of likely N-dealkylation sites (tertiary alicyclic amines) is 1. The third kappa shape index (κ3) is 3.26. The molecule has 1 aliphatic rings. The van der Waals surface area contributed by atoms with Gasteiger partial charge in [-0.3, -0.25) is 14.6 Å². The van der Waals surface area contributed by atoms with E-state index < -0.39 is 43.0 Å². The molecule has 1 fully saturated rings. The molecule has 1 aliphatic heterocycles. The molecule has 25 heavy (non-hydrogen) atoms. The fourth-order valence-electron chi connectivity index (χ4n) is 3.04. The molecule has 1 saturated heterocycles. The first-order valence-corrected chi connectivity index (χ1v) is 7.69. The number of halogens is 4. The van der Waals surface area contributed by atoms with E-state index in [1.54, 1.807) is 18.2 Å². The molecule has 3 rings (SSSR count). The van der Waals surface area contributed by atoms with Crippen molar-refractivity contribution in [1.29, 1.82) is 0 Å². The van der Waals surface area contributed by atoms with Gasteiger partial charge in [0.1, 0.15) is 0 Å². The minimum atomic E-state index is -4.70. The average Bonchev–Trinajstić information content (AvgIpc) is 2.99. The molecule has 2 aromatic rings. The van der Waals surface area contributed by atoms with Crippen molar-refractivity contribution < 1.29 is 27.9 Å². The van der Waals surface area contributed by atoms with Crippen molar-refractivity contribution in [2.45, 2.75) is 6.18 Å². The monoisotopic (exact) mass is 372 g/mol. The van der Waals surface area contributed by atoms with E-state index in [1.165, 1.54) is 12.3 Å². The summed E-state index contributed by atoms with van der Waals surface area (Å²) in [7, 11) is 0. The van der Waals surface area contributed by atoms with Crippen molar-refractivity contribution in [3.8, 4) is 0 Å². The molecule has 0 unspecified atom stereocenters. The highest BCUT2D eigenvalue weighted by molar-refractivity contribution is 6.32. The molecule has 1 aromatic carbocycles. The second-order valence-electron chi connectivity index (χ2n) is 5.83. The Morgan fingerprint density at radius 1 is 1.28 bits per heavy atom. The lowest BCUT2D eigenvalue weighted by atomic mass is 9.96. The van der Waals surface area contributed by atoms with E-state index in [9.17, 15) is 22.8 Å². The van der Waals surface area contributed by atoms with E-state index in [0.29, 0.717) is 10.9 Å². The van der Waals surface area contributed by atoms with Crippen LogP contribution in [-0.4, -0.2) is 46.1 Å². The summed E-state index contributed by atoms with van der Waals surface area (Å²) in [4.78, 5) is 28.9. The van der Waals surface area contributed by atoms with Gasteiger partial charge in [-0.2, -0.15) is 13.2 Å². The van der Waals surface area contributed by atoms with Gasteiger partial charge in [-0.15, -0.1) is 0 Å². The van der Waals surface area contributed by atoms with Crippen LogP contribution < -0.4 is 0 Å². The minimum Gasteiger partial charge on any atom is -0.481 e. The highest BCUT2D eigenvalue weighted by Crippen LogP contribution is 2.38. The number of carbonyl (C=O) groups is 2. The van der Waals surface area contributed by atoms with Gasteiger partial charge in [-0.05, 0) is 18.2 Å². The van der Waals surface area contributed by atoms with Crippen LogP contribution in [0.5, 0.6) is 0 Å². The first kappa shape index (κ1) is 17.5. The lowest BCUT2D eigenvalue weighted by Crippen LogP contribution is -2.34. The van der Waals surface area contributed by atoms with Gasteiger partial charge in [-0.25, -0.2) is 0 Å². The molecule has 1 N–H and O–H groups in total. The van der Waals surface area contributed by atoms with Crippen LogP contribution in [-0.2, 0) is 4.79 Å². The van der Waals surface area contributed by atoms with Crippen molar-refractivity contribution in [3.63, 3.8) is 0 Å². The van der Waals surface area contributed by atoms with Crippen LogP contribution in [0.25, 0.3) is 10.9 Å². The summed E-state index contributed by atoms with van der Waals surface area (Å²) in [5.74, 6) is -6.09. The predicted octanol–water partition coefficient (Wildman–Crippen LogP) is 3.22. The smallest absolute Gasteiger partial charge is 0.394 e. The van der Waals surface area contributed by atoms with Gasteiger partial charge >= 0.3 is 12.1 Å². The minimum absolute atomic E-state index is 0.0510. The Bertz CT molecular complexity index is 856. The summed E-state index contributed by atoms with van der Waals surface area (Å²) in [5, 5.41) is 9.87. The molecule has 132 valence electrons. The predicted molar refractivity (Wildman–Crippen MR) is 83.3 cm³/mol. The molecule has 5 nitrogen and oxygen atoms in total. The highest BCUT2D eigenvalue weighted by atomic mass is 35.5. The largest absolute Gasteiger partial charge is 0.481 e. The van der Waals surface area contributed by atoms with Crippen molar-refractivity contribution in [3.05, 3.63) is 41.0 Å². The summed E-state index contributed by atoms with van der Waals surface area (Å²) in [6, 6.07) is 6.23. The van der Waals surface area contributed by atoms with E-state index in [4.69, 9.17) is 16.7 Å². The fourth-order valence-corrected chi connectivity index (χ4v) is 3.27. The number of hydrogen-bond acceptors (Lipinski definition) is 3. The molecule has 0 radical (unpaired) electrons. The van der Waals surface area contributed by atoms with E-state index >= 15 is 0 Å². The number of fused-ring (bicyclic) bond motifs is 1. The summed E-state index contributed by atoms with van der Waals surface area (Å²) in [6.07, 6.45) is -3.25. The number of rotatable bonds is 2. The zero-order valence-corrected chi connectivity index (χ0v) is 13.4. The fraction of sp³-hybridized carbons (Fsp3) is 0.312. The third-order valence-corrected chi connectivity index (χ3v) is 4.46. The van der Waals surface area contributed by atoms with Crippen LogP contribution in [0.3, 0.4) is 0 Å². The van der Waals surface area contributed by atoms with Crippen LogP contribution in [0.1, 0.15) is 10.4 Å². The van der Waals surface area contributed by atoms with Crippen LogP contribution in [0, 0.1) is 11.8 Å². The summed E-state index contributed by atoms with van der Waals surface area (Å²) < 4.78 is 39.3. The maximum atomic E-state index is 13.1. The molecule has 1 amide bonds. The molecule has 0 aliphatic carbocycles. The first-order chi connectivity index (χ1) is 11.7. The number of alkyl halides is 3. The average molecular weight is 373 g/mol. The number of pyridine rings is 1. The number of benzene rings is 1. The van der Waals surface area contributed by atoms with E-state index in [1.807, 2.05) is 0 Å². The Morgan fingerprint density at radius 2 is 2.00 bits per heavy atom. The van der Waals surface area contributed by atoms with Gasteiger partial charge < -0.3 is 10.0 Å². The SMILES string of the molecule is O=C(O)[C@@H]1CN(C(=O)c2cc(Cl)cc3cccnc23)C[C@H]1C(F)(F)F. The second-order valence-corrected chi connectivity index (χ2v) is 6.27. The van der Waals surface area contributed by atoms with Gasteiger partial charge in [0.25, 0.3) is 5.91 Å². The van der Waals surface area contributed by atoms with E-state index in [-0.39, 0.29) is 10.6 Å². The van der Waals surface area contributed by atoms with Gasteiger partial charge in [-0.1, -0.05) is 17.7 Å². The Morgan fingerprint density at radius 3 is 2.60 bits per heavy atom. The molecule has 2 atom stereocenters. The number of nitrogens with zero attached hydrogens (tertiary/aromatic N) is 2. The molecule has 9 heteroatoms. The standard InChI is InChI=1S/C16H12ClF3N2O3/c17-9-4-8-2-1-3-21-13(8)10(5-9)14(23)22-6-11(15(24)25)12(7-22)16(18,19)20/h1-5,11-12H,6-7H2,(H,24,25)/t11-,12-/m1/s1. The summed E-state index contributed by atoms with van der Waals surface area (Å²) in [6.45, 7) is -1.22. The Labute approximate surface area is 145 Å². The van der Waals surface area contributed by atoms with Crippen LogP contribution >= 0.6 is 11.6 Å². The first-order valence-electron chi connectivity index (χ1n) is 7.31. The summed E-state index contributed by atoms with van der Waals surface area (Å²) >= 11 is 5.98. The number of hydrogen-bond donors (Lipinski definition) is 1. The van der Waals surface area contributed by atoms with Crippen LogP contribution in [0.15, 0.2) is 30.5 Å². The van der Waals surface area contributed by atoms with Crippen molar-refractivity contribution in [2.24, 2.45) is 11.8 Å². The maximum absolute atomic E-state index is 13.1. The van der Waals surface area contributed by atoms with Crippen LogP contribution in [0.4, 0.5) is 13.2 Å². The second kappa shape index (κ2) is 6.18. The zero-order chi connectivity index (χ0) is 18.4. The van der Waals surface area contributed by atoms with E-state index in [2.05, 4.69) is 4.98 Å². The van der Waals surface area contributed by atoms with E-state index in [0.717, 1.165) is 4.90 Å². The zero-order valence-electron chi connectivity index (χ0n) is 12.6. The topological polar surface area (TPSA) is 70.5 Å². The molecule has 0 spiro atoms. The number of aliphatic carboxylic acids is 1. The molecule has 0 bridgehead atoms. The molecule has 1 aromatic heterocycles. The van der Waals surface area contributed by atoms with Gasteiger partial charge in [0.15, 0.2) is 0 Å². The van der Waals surface area contributed by atoms with Crippen molar-refractivity contribution in [2.75, 3.05) is 13.1 Å². The normalized spacial score (nSPS) is 20.9. The molecule has 0 saturated carbocycles. The number of carboxylic acids is 1. The Kier molecular flexibility index (Phi) is 4.32. The van der Waals surface area contributed by atoms with Crippen molar-refractivity contribution >= 4 is 34.4 Å². The number of carboxylic acid groups (broad SMARTS) is 1. The number of aromatic nitrogens is 1. The molecule has 2 heterocycles. The van der Waals surface area contributed by atoms with Crippen molar-refractivity contribution in [1.82, 2.24) is 9.88 Å². The van der Waals surface area contributed by atoms with Gasteiger partial charge in [0, 0.05) is 29.7 Å². The number of carbonyl (C=O) groups excluding carboxylic acids is 1. The Balaban J connectivity index is 1.98.